The van der Waals surface area contributed by atoms with Crippen molar-refractivity contribution >= 4 is 12.4 Å². The fourth-order valence-electron chi connectivity index (χ4n) is 2.85. The lowest BCUT2D eigenvalue weighted by Gasteiger charge is -2.22. The molecule has 1 aromatic carbocycles. The van der Waals surface area contributed by atoms with Crippen LogP contribution in [0, 0.1) is 0 Å². The Morgan fingerprint density at radius 2 is 1.82 bits per heavy atom. The number of benzene rings is 1. The molecule has 0 atom stereocenters. The summed E-state index contributed by atoms with van der Waals surface area (Å²) in [6.45, 7) is 4.60. The lowest BCUT2D eigenvalue weighted by molar-refractivity contribution is 0.289. The van der Waals surface area contributed by atoms with Crippen LogP contribution in [0.1, 0.15) is 19.3 Å². The van der Waals surface area contributed by atoms with Gasteiger partial charge in [0.25, 0.3) is 0 Å². The second kappa shape index (κ2) is 8.76. The van der Waals surface area contributed by atoms with Crippen LogP contribution in [0.5, 0.6) is 0 Å². The van der Waals surface area contributed by atoms with Gasteiger partial charge in [0.1, 0.15) is 5.82 Å². The zero-order valence-electron chi connectivity index (χ0n) is 12.9. The van der Waals surface area contributed by atoms with Crippen LogP contribution in [0.2, 0.25) is 0 Å². The third-order valence-corrected chi connectivity index (χ3v) is 4.01. The van der Waals surface area contributed by atoms with Gasteiger partial charge in [-0.25, -0.2) is 4.98 Å². The molecule has 0 fully saturated rings. The smallest absolute Gasteiger partial charge is 0.139 e. The van der Waals surface area contributed by atoms with Crippen molar-refractivity contribution in [2.45, 2.75) is 25.8 Å². The summed E-state index contributed by atoms with van der Waals surface area (Å²) in [4.78, 5) is 7.03. The van der Waals surface area contributed by atoms with Crippen molar-refractivity contribution in [2.75, 3.05) is 19.6 Å². The summed E-state index contributed by atoms with van der Waals surface area (Å²) in [5, 5.41) is 0. The summed E-state index contributed by atoms with van der Waals surface area (Å²) < 4.78 is 2.27. The highest BCUT2D eigenvalue weighted by molar-refractivity contribution is 5.85. The van der Waals surface area contributed by atoms with Crippen LogP contribution in [0.3, 0.4) is 0 Å². The highest BCUT2D eigenvalue weighted by Gasteiger charge is 2.07. The van der Waals surface area contributed by atoms with Gasteiger partial charge in [0.2, 0.25) is 0 Å². The Morgan fingerprint density at radius 1 is 1.00 bits per heavy atom. The van der Waals surface area contributed by atoms with Gasteiger partial charge in [-0.3, -0.25) is 4.90 Å². The lowest BCUT2D eigenvalue weighted by atomic mass is 10.2. The fourth-order valence-corrected chi connectivity index (χ4v) is 2.85. The molecule has 0 unspecified atom stereocenters. The van der Waals surface area contributed by atoms with Crippen molar-refractivity contribution in [1.29, 1.82) is 0 Å². The average Bonchev–Trinajstić information content (AvgIpc) is 3.02. The van der Waals surface area contributed by atoms with Crippen LogP contribution >= 0.6 is 12.4 Å². The van der Waals surface area contributed by atoms with E-state index in [1.165, 1.54) is 37.9 Å². The predicted octanol–water partition coefficient (Wildman–Crippen LogP) is 4.01. The van der Waals surface area contributed by atoms with E-state index in [2.05, 4.69) is 57.1 Å². The number of hydrogen-bond donors (Lipinski definition) is 0. The molecule has 1 aromatic heterocycles. The van der Waals surface area contributed by atoms with E-state index >= 15 is 0 Å². The topological polar surface area (TPSA) is 21.1 Å². The summed E-state index contributed by atoms with van der Waals surface area (Å²) in [6.07, 6.45) is 12.2. The van der Waals surface area contributed by atoms with E-state index in [9.17, 15) is 0 Å². The minimum Gasteiger partial charge on any atom is -0.331 e. The summed E-state index contributed by atoms with van der Waals surface area (Å²) in [6, 6.07) is 10.4. The predicted molar refractivity (Wildman–Crippen MR) is 94.3 cm³/mol. The zero-order chi connectivity index (χ0) is 14.3. The van der Waals surface area contributed by atoms with Gasteiger partial charge in [0.05, 0.1) is 0 Å². The molecule has 0 saturated carbocycles. The number of aryl methyl sites for hydroxylation is 1. The standard InChI is InChI=1S/C18H23N3.ClH/c1-3-9-17(10-4-1)18-19-11-16-21(18)15-8-7-14-20-12-5-2-6-13-20;/h1-5,9-11,16H,6-8,12-15H2;1H. The number of aromatic nitrogens is 2. The number of hydrogen-bond acceptors (Lipinski definition) is 2. The van der Waals surface area contributed by atoms with Gasteiger partial charge in [-0.05, 0) is 25.8 Å². The first-order chi connectivity index (χ1) is 10.4. The van der Waals surface area contributed by atoms with Crippen LogP contribution in [0.15, 0.2) is 54.9 Å². The zero-order valence-corrected chi connectivity index (χ0v) is 13.7. The Labute approximate surface area is 139 Å². The Kier molecular flexibility index (Phi) is 6.69. The van der Waals surface area contributed by atoms with Crippen LogP contribution in [-0.2, 0) is 6.54 Å². The number of halogens is 1. The van der Waals surface area contributed by atoms with Gasteiger partial charge < -0.3 is 4.57 Å². The Morgan fingerprint density at radius 3 is 2.59 bits per heavy atom. The second-order valence-corrected chi connectivity index (χ2v) is 5.58. The average molecular weight is 318 g/mol. The molecule has 0 spiro atoms. The molecule has 0 saturated heterocycles. The number of unbranched alkanes of at least 4 members (excludes halogenated alkanes) is 1. The largest absolute Gasteiger partial charge is 0.331 e. The monoisotopic (exact) mass is 317 g/mol. The summed E-state index contributed by atoms with van der Waals surface area (Å²) in [5.74, 6) is 1.08. The molecular weight excluding hydrogens is 294 g/mol. The van der Waals surface area contributed by atoms with Gasteiger partial charge in [-0.1, -0.05) is 42.5 Å². The van der Waals surface area contributed by atoms with Gasteiger partial charge in [0, 0.05) is 37.6 Å². The minimum absolute atomic E-state index is 0. The number of nitrogens with zero attached hydrogens (tertiary/aromatic N) is 3. The third kappa shape index (κ3) is 4.46. The third-order valence-electron chi connectivity index (χ3n) is 4.01. The molecule has 0 N–H and O–H groups in total. The molecule has 3 nitrogen and oxygen atoms in total. The molecular formula is C18H24ClN3. The van der Waals surface area contributed by atoms with E-state index in [1.54, 1.807) is 0 Å². The van der Waals surface area contributed by atoms with E-state index in [0.29, 0.717) is 0 Å². The van der Waals surface area contributed by atoms with Gasteiger partial charge in [0.15, 0.2) is 0 Å². The van der Waals surface area contributed by atoms with E-state index in [0.717, 1.165) is 18.9 Å². The molecule has 0 aliphatic carbocycles. The molecule has 1 aliphatic heterocycles. The highest BCUT2D eigenvalue weighted by atomic mass is 35.5. The Hall–Kier alpha value is -1.58. The Bertz CT molecular complexity index is 577. The van der Waals surface area contributed by atoms with Gasteiger partial charge in [-0.2, -0.15) is 0 Å². The second-order valence-electron chi connectivity index (χ2n) is 5.58. The lowest BCUT2D eigenvalue weighted by Crippen LogP contribution is -2.28. The van der Waals surface area contributed by atoms with E-state index in [4.69, 9.17) is 0 Å². The summed E-state index contributed by atoms with van der Waals surface area (Å²) in [5.41, 5.74) is 1.20. The molecule has 0 bridgehead atoms. The van der Waals surface area contributed by atoms with Gasteiger partial charge >= 0.3 is 0 Å². The molecule has 0 radical (unpaired) electrons. The van der Waals surface area contributed by atoms with Gasteiger partial charge in [-0.15, -0.1) is 12.4 Å². The van der Waals surface area contributed by atoms with Crippen molar-refractivity contribution in [3.05, 3.63) is 54.9 Å². The molecule has 3 rings (SSSR count). The fraction of sp³-hybridized carbons (Fsp3) is 0.389. The first-order valence-electron chi connectivity index (χ1n) is 7.87. The molecule has 1 aliphatic rings. The SMILES string of the molecule is C1=CCN(CCCCn2ccnc2-c2ccccc2)CC1.Cl. The van der Waals surface area contributed by atoms with Crippen molar-refractivity contribution in [2.24, 2.45) is 0 Å². The maximum Gasteiger partial charge on any atom is 0.139 e. The highest BCUT2D eigenvalue weighted by Crippen LogP contribution is 2.17. The summed E-state index contributed by atoms with van der Waals surface area (Å²) >= 11 is 0. The minimum atomic E-state index is 0. The normalized spacial score (nSPS) is 14.7. The molecule has 2 aromatic rings. The molecule has 0 amide bonds. The van der Waals surface area contributed by atoms with Crippen LogP contribution in [0.25, 0.3) is 11.4 Å². The van der Waals surface area contributed by atoms with Crippen molar-refractivity contribution in [3.8, 4) is 11.4 Å². The first kappa shape index (κ1) is 16.8. The molecule has 22 heavy (non-hydrogen) atoms. The van der Waals surface area contributed by atoms with Crippen LogP contribution < -0.4 is 0 Å². The first-order valence-corrected chi connectivity index (χ1v) is 7.87. The number of rotatable bonds is 6. The molecule has 118 valence electrons. The van der Waals surface area contributed by atoms with Crippen molar-refractivity contribution in [1.82, 2.24) is 14.5 Å². The van der Waals surface area contributed by atoms with Crippen molar-refractivity contribution in [3.63, 3.8) is 0 Å². The quantitative estimate of drug-likeness (QED) is 0.593. The van der Waals surface area contributed by atoms with E-state index in [-0.39, 0.29) is 12.4 Å². The summed E-state index contributed by atoms with van der Waals surface area (Å²) in [7, 11) is 0. The van der Waals surface area contributed by atoms with E-state index < -0.39 is 0 Å². The van der Waals surface area contributed by atoms with E-state index in [1.807, 2.05) is 12.3 Å². The Balaban J connectivity index is 0.00000176. The number of imidazole rings is 1. The van der Waals surface area contributed by atoms with Crippen LogP contribution in [0.4, 0.5) is 0 Å². The molecule has 2 heterocycles. The molecule has 4 heteroatoms. The maximum atomic E-state index is 4.50. The van der Waals surface area contributed by atoms with Crippen molar-refractivity contribution < 1.29 is 0 Å². The maximum absolute atomic E-state index is 4.50. The van der Waals surface area contributed by atoms with Crippen LogP contribution in [-0.4, -0.2) is 34.1 Å².